The SMILES string of the molecule is Cc1ccc(OC(=O)/C=C/c2ccccc2)cc1C. The quantitative estimate of drug-likeness (QED) is 0.470. The molecule has 0 atom stereocenters. The van der Waals surface area contributed by atoms with E-state index in [0.717, 1.165) is 11.1 Å². The van der Waals surface area contributed by atoms with Gasteiger partial charge in [0.15, 0.2) is 0 Å². The lowest BCUT2D eigenvalue weighted by Gasteiger charge is -2.04. The second-order valence-electron chi connectivity index (χ2n) is 4.41. The summed E-state index contributed by atoms with van der Waals surface area (Å²) in [4.78, 5) is 11.7. The first-order valence-electron chi connectivity index (χ1n) is 6.17. The fraction of sp³-hybridized carbons (Fsp3) is 0.118. The minimum Gasteiger partial charge on any atom is -0.423 e. The Bertz CT molecular complexity index is 598. The molecule has 0 aromatic heterocycles. The summed E-state index contributed by atoms with van der Waals surface area (Å²) in [5.74, 6) is 0.206. The number of ether oxygens (including phenoxy) is 1. The van der Waals surface area contributed by atoms with Crippen molar-refractivity contribution < 1.29 is 9.53 Å². The summed E-state index contributed by atoms with van der Waals surface area (Å²) in [6.45, 7) is 4.02. The van der Waals surface area contributed by atoms with Gasteiger partial charge in [0.1, 0.15) is 5.75 Å². The standard InChI is InChI=1S/C17H16O2/c1-13-8-10-16(12-14(13)2)19-17(18)11-9-15-6-4-3-5-7-15/h3-12H,1-2H3/b11-9+. The van der Waals surface area contributed by atoms with Gasteiger partial charge in [0.25, 0.3) is 0 Å². The van der Waals surface area contributed by atoms with Crippen LogP contribution >= 0.6 is 0 Å². The zero-order chi connectivity index (χ0) is 13.7. The molecule has 0 bridgehead atoms. The summed E-state index contributed by atoms with van der Waals surface area (Å²) in [5.41, 5.74) is 3.26. The maximum Gasteiger partial charge on any atom is 0.336 e. The molecule has 2 nitrogen and oxygen atoms in total. The third-order valence-corrected chi connectivity index (χ3v) is 2.91. The van der Waals surface area contributed by atoms with Gasteiger partial charge in [0.05, 0.1) is 0 Å². The molecule has 2 aromatic rings. The molecule has 0 amide bonds. The van der Waals surface area contributed by atoms with Crippen LogP contribution in [-0.4, -0.2) is 5.97 Å². The van der Waals surface area contributed by atoms with Gasteiger partial charge in [-0.1, -0.05) is 36.4 Å². The molecule has 0 N–H and O–H groups in total. The highest BCUT2D eigenvalue weighted by atomic mass is 16.5. The van der Waals surface area contributed by atoms with Crippen LogP contribution in [0.5, 0.6) is 5.75 Å². The smallest absolute Gasteiger partial charge is 0.336 e. The maximum absolute atomic E-state index is 11.7. The molecule has 0 fully saturated rings. The average Bonchev–Trinajstić information content (AvgIpc) is 2.42. The third kappa shape index (κ3) is 3.81. The van der Waals surface area contributed by atoms with Crippen LogP contribution in [0.3, 0.4) is 0 Å². The van der Waals surface area contributed by atoms with Crippen LogP contribution in [0, 0.1) is 13.8 Å². The minimum atomic E-state index is -0.368. The lowest BCUT2D eigenvalue weighted by Crippen LogP contribution is -2.03. The van der Waals surface area contributed by atoms with Crippen molar-refractivity contribution in [3.63, 3.8) is 0 Å². The lowest BCUT2D eigenvalue weighted by molar-refractivity contribution is -0.128. The normalized spacial score (nSPS) is 10.6. The Morgan fingerprint density at radius 2 is 1.74 bits per heavy atom. The van der Waals surface area contributed by atoms with Crippen LogP contribution in [0.25, 0.3) is 6.08 Å². The Kier molecular flexibility index (Phi) is 4.14. The zero-order valence-corrected chi connectivity index (χ0v) is 11.1. The number of benzene rings is 2. The molecular weight excluding hydrogens is 236 g/mol. The Labute approximate surface area is 113 Å². The fourth-order valence-electron chi connectivity index (χ4n) is 1.66. The minimum absolute atomic E-state index is 0.368. The second-order valence-corrected chi connectivity index (χ2v) is 4.41. The number of esters is 1. The maximum atomic E-state index is 11.7. The first-order valence-corrected chi connectivity index (χ1v) is 6.17. The van der Waals surface area contributed by atoms with Crippen LogP contribution in [0.2, 0.25) is 0 Å². The molecule has 0 saturated carbocycles. The van der Waals surface area contributed by atoms with E-state index in [1.54, 1.807) is 12.1 Å². The van der Waals surface area contributed by atoms with Crippen LogP contribution in [-0.2, 0) is 4.79 Å². The predicted molar refractivity (Wildman–Crippen MR) is 77.0 cm³/mol. The van der Waals surface area contributed by atoms with Crippen molar-refractivity contribution in [2.45, 2.75) is 13.8 Å². The van der Waals surface area contributed by atoms with Crippen molar-refractivity contribution in [3.05, 3.63) is 71.3 Å². The number of aryl methyl sites for hydroxylation is 2. The van der Waals surface area contributed by atoms with E-state index >= 15 is 0 Å². The van der Waals surface area contributed by atoms with Gasteiger partial charge >= 0.3 is 5.97 Å². The molecule has 0 unspecified atom stereocenters. The molecule has 96 valence electrons. The monoisotopic (exact) mass is 252 g/mol. The van der Waals surface area contributed by atoms with Gasteiger partial charge in [-0.15, -0.1) is 0 Å². The van der Waals surface area contributed by atoms with Gasteiger partial charge in [0, 0.05) is 6.08 Å². The van der Waals surface area contributed by atoms with Gasteiger partial charge < -0.3 is 4.74 Å². The molecule has 2 heteroatoms. The van der Waals surface area contributed by atoms with Crippen molar-refractivity contribution in [3.8, 4) is 5.75 Å². The average molecular weight is 252 g/mol. The molecule has 0 heterocycles. The van der Waals surface area contributed by atoms with Crippen molar-refractivity contribution in [1.29, 1.82) is 0 Å². The Hall–Kier alpha value is -2.35. The van der Waals surface area contributed by atoms with E-state index in [1.807, 2.05) is 56.3 Å². The van der Waals surface area contributed by atoms with Crippen LogP contribution < -0.4 is 4.74 Å². The van der Waals surface area contributed by atoms with Crippen molar-refractivity contribution in [1.82, 2.24) is 0 Å². The Balaban J connectivity index is 2.01. The number of carbonyl (C=O) groups is 1. The van der Waals surface area contributed by atoms with Crippen LogP contribution in [0.1, 0.15) is 16.7 Å². The molecule has 0 spiro atoms. The molecule has 0 radical (unpaired) electrons. The van der Waals surface area contributed by atoms with Crippen LogP contribution in [0.4, 0.5) is 0 Å². The van der Waals surface area contributed by atoms with E-state index in [2.05, 4.69) is 0 Å². The number of rotatable bonds is 3. The molecule has 0 saturated heterocycles. The lowest BCUT2D eigenvalue weighted by atomic mass is 10.1. The Morgan fingerprint density at radius 1 is 1.00 bits per heavy atom. The molecule has 19 heavy (non-hydrogen) atoms. The first-order chi connectivity index (χ1) is 9.15. The van der Waals surface area contributed by atoms with E-state index in [4.69, 9.17) is 4.74 Å². The highest BCUT2D eigenvalue weighted by Gasteiger charge is 2.01. The van der Waals surface area contributed by atoms with Crippen molar-refractivity contribution in [2.75, 3.05) is 0 Å². The highest BCUT2D eigenvalue weighted by molar-refractivity contribution is 5.88. The first kappa shape index (κ1) is 13.1. The van der Waals surface area contributed by atoms with E-state index in [0.29, 0.717) is 5.75 Å². The van der Waals surface area contributed by atoms with Crippen molar-refractivity contribution in [2.24, 2.45) is 0 Å². The molecular formula is C17H16O2. The zero-order valence-electron chi connectivity index (χ0n) is 11.1. The summed E-state index contributed by atoms with van der Waals surface area (Å²) >= 11 is 0. The number of carbonyl (C=O) groups excluding carboxylic acids is 1. The molecule has 2 aromatic carbocycles. The predicted octanol–water partition coefficient (Wildman–Crippen LogP) is 3.92. The second kappa shape index (κ2) is 6.01. The highest BCUT2D eigenvalue weighted by Crippen LogP contribution is 2.16. The fourth-order valence-corrected chi connectivity index (χ4v) is 1.66. The summed E-state index contributed by atoms with van der Waals surface area (Å²) in [5, 5.41) is 0. The van der Waals surface area contributed by atoms with E-state index < -0.39 is 0 Å². The summed E-state index contributed by atoms with van der Waals surface area (Å²) in [6, 6.07) is 15.3. The largest absolute Gasteiger partial charge is 0.423 e. The van der Waals surface area contributed by atoms with Gasteiger partial charge in [-0.05, 0) is 48.7 Å². The number of hydrogen-bond acceptors (Lipinski definition) is 2. The summed E-state index contributed by atoms with van der Waals surface area (Å²) in [7, 11) is 0. The third-order valence-electron chi connectivity index (χ3n) is 2.91. The molecule has 0 aliphatic rings. The summed E-state index contributed by atoms with van der Waals surface area (Å²) in [6.07, 6.45) is 3.17. The molecule has 0 aliphatic carbocycles. The molecule has 0 aliphatic heterocycles. The Morgan fingerprint density at radius 3 is 2.42 bits per heavy atom. The van der Waals surface area contributed by atoms with Gasteiger partial charge in [-0.25, -0.2) is 4.79 Å². The van der Waals surface area contributed by atoms with Gasteiger partial charge in [-0.3, -0.25) is 0 Å². The molecule has 2 rings (SSSR count). The van der Waals surface area contributed by atoms with Crippen LogP contribution in [0.15, 0.2) is 54.6 Å². The topological polar surface area (TPSA) is 26.3 Å². The van der Waals surface area contributed by atoms with E-state index in [1.165, 1.54) is 11.6 Å². The van der Waals surface area contributed by atoms with Crippen molar-refractivity contribution >= 4 is 12.0 Å². The van der Waals surface area contributed by atoms with Gasteiger partial charge in [0.2, 0.25) is 0 Å². The van der Waals surface area contributed by atoms with Gasteiger partial charge in [-0.2, -0.15) is 0 Å². The van der Waals surface area contributed by atoms with E-state index in [9.17, 15) is 4.79 Å². The summed E-state index contributed by atoms with van der Waals surface area (Å²) < 4.78 is 5.25. The van der Waals surface area contributed by atoms with E-state index in [-0.39, 0.29) is 5.97 Å². The number of hydrogen-bond donors (Lipinski definition) is 0.